The predicted molar refractivity (Wildman–Crippen MR) is 222 cm³/mol. The lowest BCUT2D eigenvalue weighted by Crippen LogP contribution is -2.49. The SMILES string of the molecule is C=CC(=O)N1CCN(c2nc(NCCC(=O)NCc3ccc(-n4c(N=O)nnc4-c4ccc(O)cc4O)cc3)nc3c2CCN(c2cc(O)cc4ccccc24)C3)CC1. The fraction of sp³-hybridized carbons (Fsp3) is 0.238. The monoisotopic (exact) mass is 795 g/mol. The zero-order valence-electron chi connectivity index (χ0n) is 32.0. The molecule has 59 heavy (non-hydrogen) atoms. The van der Waals surface area contributed by atoms with Gasteiger partial charge in [-0.25, -0.2) is 4.98 Å². The first-order valence-corrected chi connectivity index (χ1v) is 19.1. The maximum atomic E-state index is 13.0. The maximum absolute atomic E-state index is 13.0. The van der Waals surface area contributed by atoms with Gasteiger partial charge in [0.2, 0.25) is 17.8 Å². The van der Waals surface area contributed by atoms with Crippen LogP contribution in [0.15, 0.2) is 96.7 Å². The van der Waals surface area contributed by atoms with E-state index in [1.165, 1.54) is 22.8 Å². The number of rotatable bonds is 12. The normalized spacial score (nSPS) is 13.9. The molecule has 6 aromatic rings. The number of phenolic OH excluding ortho intramolecular Hbond substituents is 3. The van der Waals surface area contributed by atoms with E-state index in [0.29, 0.717) is 57.3 Å². The smallest absolute Gasteiger partial charge is 0.296 e. The van der Waals surface area contributed by atoms with Crippen molar-refractivity contribution in [3.8, 4) is 34.3 Å². The van der Waals surface area contributed by atoms with E-state index in [-0.39, 0.29) is 65.9 Å². The highest BCUT2D eigenvalue weighted by Crippen LogP contribution is 2.37. The molecule has 0 radical (unpaired) electrons. The lowest BCUT2D eigenvalue weighted by Gasteiger charge is -2.38. The Morgan fingerprint density at radius 2 is 1.66 bits per heavy atom. The van der Waals surface area contributed by atoms with Crippen molar-refractivity contribution < 1.29 is 24.9 Å². The van der Waals surface area contributed by atoms with Crippen molar-refractivity contribution in [3.05, 3.63) is 113 Å². The number of piperazine rings is 1. The summed E-state index contributed by atoms with van der Waals surface area (Å²) < 4.78 is 1.39. The van der Waals surface area contributed by atoms with Crippen LogP contribution in [0.5, 0.6) is 17.2 Å². The number of carbonyl (C=O) groups is 2. The number of hydrogen-bond acceptors (Lipinski definition) is 14. The Bertz CT molecular complexity index is 2570. The van der Waals surface area contributed by atoms with Gasteiger partial charge in [0.25, 0.3) is 5.95 Å². The fourth-order valence-corrected chi connectivity index (χ4v) is 7.56. The minimum Gasteiger partial charge on any atom is -0.508 e. The Kier molecular flexibility index (Phi) is 10.7. The summed E-state index contributed by atoms with van der Waals surface area (Å²) in [6, 6.07) is 22.5. The number of nitrogens with zero attached hydrogens (tertiary/aromatic N) is 9. The molecule has 1 saturated heterocycles. The Morgan fingerprint density at radius 1 is 0.864 bits per heavy atom. The van der Waals surface area contributed by atoms with E-state index in [1.807, 2.05) is 24.3 Å². The van der Waals surface area contributed by atoms with Gasteiger partial charge < -0.3 is 40.7 Å². The van der Waals surface area contributed by atoms with Crippen molar-refractivity contribution in [2.24, 2.45) is 5.18 Å². The number of hydrogen-bond donors (Lipinski definition) is 5. The topological polar surface area (TPSA) is 215 Å². The molecule has 17 heteroatoms. The van der Waals surface area contributed by atoms with Crippen molar-refractivity contribution >= 4 is 46.0 Å². The van der Waals surface area contributed by atoms with Crippen LogP contribution in [0.3, 0.4) is 0 Å². The second-order valence-corrected chi connectivity index (χ2v) is 14.2. The number of anilines is 3. The third-order valence-electron chi connectivity index (χ3n) is 10.5. The summed E-state index contributed by atoms with van der Waals surface area (Å²) in [5.74, 6) is 0.669. The number of amides is 2. The molecule has 2 aromatic heterocycles. The standard InChI is InChI=1S/C42H41N11O6/c1-2-38(58)50-17-19-51(20-18-50)39-32-14-16-52(35-22-30(55)21-27-5-3-4-6-31(27)35)25-34(32)45-41(46-39)43-15-13-37(57)44-24-26-7-9-28(10-8-26)53-40(47-48-42(53)49-59)33-12-11-29(54)23-36(33)56/h2-12,21-23,54-56H,1,13-20,24-25H2,(H,44,57)(H,43,45,46). The van der Waals surface area contributed by atoms with Gasteiger partial charge in [0.05, 0.1) is 23.5 Å². The minimum atomic E-state index is -0.245. The molecule has 5 N–H and O–H groups in total. The van der Waals surface area contributed by atoms with Crippen LogP contribution in [0.4, 0.5) is 23.4 Å². The number of aromatic hydroxyl groups is 3. The van der Waals surface area contributed by atoms with Gasteiger partial charge in [-0.05, 0) is 53.8 Å². The Balaban J connectivity index is 0.942. The number of nitrogens with one attached hydrogen (secondary N) is 2. The molecule has 2 aliphatic heterocycles. The van der Waals surface area contributed by atoms with E-state index in [2.05, 4.69) is 42.4 Å². The average Bonchev–Trinajstić information content (AvgIpc) is 3.68. The van der Waals surface area contributed by atoms with E-state index < -0.39 is 0 Å². The highest BCUT2D eigenvalue weighted by molar-refractivity contribution is 5.96. The lowest BCUT2D eigenvalue weighted by molar-refractivity contribution is -0.126. The Labute approximate surface area is 338 Å². The van der Waals surface area contributed by atoms with Gasteiger partial charge in [0.15, 0.2) is 5.82 Å². The summed E-state index contributed by atoms with van der Waals surface area (Å²) in [5, 5.41) is 49.7. The second-order valence-electron chi connectivity index (χ2n) is 14.2. The number of aromatic nitrogens is 5. The molecule has 1 fully saturated rings. The third kappa shape index (κ3) is 8.03. The molecule has 0 bridgehead atoms. The van der Waals surface area contributed by atoms with Crippen molar-refractivity contribution in [2.75, 3.05) is 54.4 Å². The van der Waals surface area contributed by atoms with Crippen LogP contribution in [0, 0.1) is 4.91 Å². The van der Waals surface area contributed by atoms with E-state index in [1.54, 1.807) is 41.3 Å². The molecule has 300 valence electrons. The van der Waals surface area contributed by atoms with Crippen LogP contribution in [0.1, 0.15) is 23.2 Å². The summed E-state index contributed by atoms with van der Waals surface area (Å²) in [7, 11) is 0. The van der Waals surface area contributed by atoms with Gasteiger partial charge in [-0.1, -0.05) is 43.0 Å². The van der Waals surface area contributed by atoms with Gasteiger partial charge in [-0.3, -0.25) is 14.2 Å². The van der Waals surface area contributed by atoms with Gasteiger partial charge in [0, 0.05) is 86.2 Å². The highest BCUT2D eigenvalue weighted by Gasteiger charge is 2.29. The first-order chi connectivity index (χ1) is 28.7. The second kappa shape index (κ2) is 16.5. The number of phenols is 3. The summed E-state index contributed by atoms with van der Waals surface area (Å²) >= 11 is 0. The zero-order chi connectivity index (χ0) is 41.0. The molecule has 4 heterocycles. The van der Waals surface area contributed by atoms with Crippen LogP contribution in [-0.4, -0.2) is 96.0 Å². The molecule has 0 aliphatic carbocycles. The van der Waals surface area contributed by atoms with E-state index >= 15 is 0 Å². The maximum Gasteiger partial charge on any atom is 0.296 e. The van der Waals surface area contributed by atoms with E-state index in [4.69, 9.17) is 9.97 Å². The zero-order valence-corrected chi connectivity index (χ0v) is 32.0. The average molecular weight is 796 g/mol. The molecule has 0 saturated carbocycles. The Hall–Kier alpha value is -7.56. The molecule has 2 aliphatic rings. The molecule has 4 aromatic carbocycles. The molecule has 0 spiro atoms. The number of carbonyl (C=O) groups excluding carboxylic acids is 2. The fourth-order valence-electron chi connectivity index (χ4n) is 7.56. The van der Waals surface area contributed by atoms with Gasteiger partial charge in [-0.2, -0.15) is 4.98 Å². The molecule has 2 amide bonds. The molecular weight excluding hydrogens is 755 g/mol. The van der Waals surface area contributed by atoms with Crippen molar-refractivity contribution in [2.45, 2.75) is 25.9 Å². The largest absolute Gasteiger partial charge is 0.508 e. The first-order valence-electron chi connectivity index (χ1n) is 19.1. The van der Waals surface area contributed by atoms with Crippen molar-refractivity contribution in [1.29, 1.82) is 0 Å². The number of benzene rings is 4. The third-order valence-corrected chi connectivity index (χ3v) is 10.5. The predicted octanol–water partition coefficient (Wildman–Crippen LogP) is 4.91. The van der Waals surface area contributed by atoms with Crippen LogP contribution in [0.25, 0.3) is 27.8 Å². The molecular formula is C42H41N11O6. The van der Waals surface area contributed by atoms with Gasteiger partial charge in [-0.15, -0.1) is 15.1 Å². The molecule has 17 nitrogen and oxygen atoms in total. The van der Waals surface area contributed by atoms with Crippen LogP contribution < -0.4 is 20.4 Å². The van der Waals surface area contributed by atoms with Gasteiger partial charge in [0.1, 0.15) is 23.1 Å². The van der Waals surface area contributed by atoms with Gasteiger partial charge >= 0.3 is 0 Å². The summed E-state index contributed by atoms with van der Waals surface area (Å²) in [5.41, 5.74) is 4.35. The molecule has 0 atom stereocenters. The summed E-state index contributed by atoms with van der Waals surface area (Å²) in [4.78, 5) is 53.0. The lowest BCUT2D eigenvalue weighted by atomic mass is 10.0. The minimum absolute atomic E-state index is 0.0961. The van der Waals surface area contributed by atoms with E-state index in [9.17, 15) is 29.8 Å². The van der Waals surface area contributed by atoms with Crippen molar-refractivity contribution in [1.82, 2.24) is 34.9 Å². The van der Waals surface area contributed by atoms with Crippen LogP contribution in [-0.2, 0) is 29.1 Å². The summed E-state index contributed by atoms with van der Waals surface area (Å²) in [6.45, 7) is 7.62. The van der Waals surface area contributed by atoms with Crippen molar-refractivity contribution in [3.63, 3.8) is 0 Å². The number of nitroso groups, excluding NO2 is 1. The number of fused-ring (bicyclic) bond motifs is 2. The first kappa shape index (κ1) is 38.3. The molecule has 8 rings (SSSR count). The summed E-state index contributed by atoms with van der Waals surface area (Å²) in [6.07, 6.45) is 2.16. The quantitative estimate of drug-likeness (QED) is 0.0824. The Morgan fingerprint density at radius 3 is 2.42 bits per heavy atom. The van der Waals surface area contributed by atoms with Crippen LogP contribution in [0.2, 0.25) is 0 Å². The van der Waals surface area contributed by atoms with E-state index in [0.717, 1.165) is 45.2 Å². The van der Waals surface area contributed by atoms with Crippen LogP contribution >= 0.6 is 0 Å². The highest BCUT2D eigenvalue weighted by atomic mass is 16.3. The molecule has 0 unspecified atom stereocenters.